The van der Waals surface area contributed by atoms with Gasteiger partial charge in [-0.1, -0.05) is 0 Å². The van der Waals surface area contributed by atoms with E-state index in [1.165, 1.54) is 4.31 Å². The van der Waals surface area contributed by atoms with Crippen LogP contribution in [0.5, 0.6) is 0 Å². The molecule has 1 aliphatic rings. The molecule has 0 saturated carbocycles. The van der Waals surface area contributed by atoms with Crippen molar-refractivity contribution in [1.29, 1.82) is 0 Å². The van der Waals surface area contributed by atoms with Crippen LogP contribution in [0, 0.1) is 0 Å². The second-order valence-corrected chi connectivity index (χ2v) is 9.04. The van der Waals surface area contributed by atoms with Crippen LogP contribution < -0.4 is 9.62 Å². The third kappa shape index (κ3) is 4.02. The Bertz CT molecular complexity index is 970. The molecule has 152 valence electrons. The quantitative estimate of drug-likeness (QED) is 0.658. The Kier molecular flexibility index (Phi) is 5.71. The molecule has 0 fully saturated rings. The highest BCUT2D eigenvalue weighted by Crippen LogP contribution is 2.40. The number of hydrogen-bond donors (Lipinski definition) is 2. The number of aliphatic hydroxyl groups is 1. The van der Waals surface area contributed by atoms with E-state index >= 15 is 0 Å². The number of rotatable bonds is 7. The van der Waals surface area contributed by atoms with E-state index in [1.807, 2.05) is 13.8 Å². The van der Waals surface area contributed by atoms with Crippen molar-refractivity contribution >= 4 is 21.6 Å². The third-order valence-electron chi connectivity index (χ3n) is 4.67. The molecule has 1 aliphatic heterocycles. The van der Waals surface area contributed by atoms with Gasteiger partial charge in [0.15, 0.2) is 5.82 Å². The second kappa shape index (κ2) is 7.88. The smallest absolute Gasteiger partial charge is 0.251 e. The molecule has 10 heteroatoms. The summed E-state index contributed by atoms with van der Waals surface area (Å²) in [7, 11) is -3.47. The molecular weight excluding hydrogens is 382 g/mol. The zero-order valence-corrected chi connectivity index (χ0v) is 17.0. The zero-order valence-electron chi connectivity index (χ0n) is 16.2. The van der Waals surface area contributed by atoms with Gasteiger partial charge in [-0.25, -0.2) is 13.4 Å². The molecule has 1 aromatic heterocycles. The molecule has 9 nitrogen and oxygen atoms in total. The summed E-state index contributed by atoms with van der Waals surface area (Å²) in [5, 5.41) is 16.1. The first-order valence-electron chi connectivity index (χ1n) is 9.14. The first-order chi connectivity index (χ1) is 13.2. The van der Waals surface area contributed by atoms with Crippen LogP contribution in [-0.4, -0.2) is 60.1 Å². The lowest BCUT2D eigenvalue weighted by Gasteiger charge is -2.16. The molecule has 0 bridgehead atoms. The Morgan fingerprint density at radius 3 is 2.75 bits per heavy atom. The minimum Gasteiger partial charge on any atom is -0.396 e. The summed E-state index contributed by atoms with van der Waals surface area (Å²) in [4.78, 5) is 16.7. The van der Waals surface area contributed by atoms with Gasteiger partial charge in [-0.15, -0.1) is 0 Å². The zero-order chi connectivity index (χ0) is 20.5. The highest BCUT2D eigenvalue weighted by atomic mass is 32.2. The molecule has 28 heavy (non-hydrogen) atoms. The average molecular weight is 407 g/mol. The van der Waals surface area contributed by atoms with Crippen LogP contribution >= 0.6 is 0 Å². The number of anilines is 1. The monoisotopic (exact) mass is 407 g/mol. The lowest BCUT2D eigenvalue weighted by molar-refractivity contribution is 0.0951. The number of hydrogen-bond acceptors (Lipinski definition) is 6. The van der Waals surface area contributed by atoms with Crippen LogP contribution in [0.3, 0.4) is 0 Å². The maximum absolute atomic E-state index is 12.4. The van der Waals surface area contributed by atoms with Crippen molar-refractivity contribution < 1.29 is 18.3 Å². The Morgan fingerprint density at radius 1 is 1.39 bits per heavy atom. The molecule has 1 aromatic carbocycles. The summed E-state index contributed by atoms with van der Waals surface area (Å²) in [5.74, 6) is -0.0951. The number of nitrogens with one attached hydrogen (secondary N) is 1. The number of aliphatic hydroxyl groups excluding tert-OH is 1. The van der Waals surface area contributed by atoms with E-state index in [0.29, 0.717) is 35.6 Å². The average Bonchev–Trinajstić information content (AvgIpc) is 3.25. The first-order valence-corrected chi connectivity index (χ1v) is 11.0. The molecule has 0 saturated heterocycles. The molecule has 2 heterocycles. The number of sulfonamides is 1. The third-order valence-corrected chi connectivity index (χ3v) is 5.82. The van der Waals surface area contributed by atoms with E-state index in [4.69, 9.17) is 5.11 Å². The first kappa shape index (κ1) is 20.3. The van der Waals surface area contributed by atoms with Crippen LogP contribution in [0.25, 0.3) is 0 Å². The van der Waals surface area contributed by atoms with Crippen molar-refractivity contribution in [2.75, 3.05) is 30.3 Å². The maximum Gasteiger partial charge on any atom is 0.251 e. The molecule has 2 N–H and O–H groups in total. The van der Waals surface area contributed by atoms with Crippen molar-refractivity contribution in [1.82, 2.24) is 20.1 Å². The fourth-order valence-electron chi connectivity index (χ4n) is 3.18. The van der Waals surface area contributed by atoms with Crippen molar-refractivity contribution in [3.05, 3.63) is 41.5 Å². The second-order valence-electron chi connectivity index (χ2n) is 7.13. The van der Waals surface area contributed by atoms with Crippen LogP contribution in [0.1, 0.15) is 54.0 Å². The SMILES string of the molecule is CC(C)n1cnc([C@@H]2CN(S(C)(=O)=O)c3ccc(C(=O)NCCCO)cc32)n1. The standard InChI is InChI=1S/C18H25N5O4S/c1-12(2)22-11-20-17(21-22)15-10-23(28(3,26)27)16-6-5-13(9-14(15)16)18(25)19-7-4-8-24/h5-6,9,11-12,15,24H,4,7-8,10H2,1-3H3,(H,19,25)/t15-/m1/s1. The Morgan fingerprint density at radius 2 is 2.14 bits per heavy atom. The largest absolute Gasteiger partial charge is 0.396 e. The van der Waals surface area contributed by atoms with E-state index in [1.54, 1.807) is 29.2 Å². The Balaban J connectivity index is 1.98. The van der Waals surface area contributed by atoms with Gasteiger partial charge in [0.05, 0.1) is 17.9 Å². The molecule has 0 unspecified atom stereocenters. The minimum absolute atomic E-state index is 0.0000406. The van der Waals surface area contributed by atoms with Crippen molar-refractivity contribution in [2.24, 2.45) is 0 Å². The van der Waals surface area contributed by atoms with Gasteiger partial charge < -0.3 is 10.4 Å². The molecule has 0 spiro atoms. The van der Waals surface area contributed by atoms with Gasteiger partial charge in [-0.2, -0.15) is 5.10 Å². The van der Waals surface area contributed by atoms with E-state index in [0.717, 1.165) is 6.26 Å². The number of fused-ring (bicyclic) bond motifs is 1. The van der Waals surface area contributed by atoms with Crippen LogP contribution in [0.15, 0.2) is 24.5 Å². The van der Waals surface area contributed by atoms with Gasteiger partial charge >= 0.3 is 0 Å². The van der Waals surface area contributed by atoms with Gasteiger partial charge in [-0.3, -0.25) is 13.8 Å². The van der Waals surface area contributed by atoms with Crippen LogP contribution in [-0.2, 0) is 10.0 Å². The lowest BCUT2D eigenvalue weighted by atomic mass is 9.98. The van der Waals surface area contributed by atoms with E-state index in [9.17, 15) is 13.2 Å². The fraction of sp³-hybridized carbons (Fsp3) is 0.500. The van der Waals surface area contributed by atoms with Crippen molar-refractivity contribution in [2.45, 2.75) is 32.2 Å². The summed E-state index contributed by atoms with van der Waals surface area (Å²) < 4.78 is 27.6. The summed E-state index contributed by atoms with van der Waals surface area (Å²) in [6.45, 7) is 4.54. The van der Waals surface area contributed by atoms with Crippen molar-refractivity contribution in [3.63, 3.8) is 0 Å². The van der Waals surface area contributed by atoms with E-state index in [-0.39, 0.29) is 31.0 Å². The molecule has 1 atom stereocenters. The van der Waals surface area contributed by atoms with Gasteiger partial charge in [0, 0.05) is 31.3 Å². The number of benzene rings is 1. The predicted octanol–water partition coefficient (Wildman–Crippen LogP) is 0.883. The van der Waals surface area contributed by atoms with Crippen molar-refractivity contribution in [3.8, 4) is 0 Å². The highest BCUT2D eigenvalue weighted by molar-refractivity contribution is 7.92. The van der Waals surface area contributed by atoms with E-state index < -0.39 is 10.0 Å². The number of nitrogens with zero attached hydrogens (tertiary/aromatic N) is 4. The maximum atomic E-state index is 12.4. The summed E-state index contributed by atoms with van der Waals surface area (Å²) >= 11 is 0. The number of aromatic nitrogens is 3. The number of carbonyl (C=O) groups excluding carboxylic acids is 1. The Labute approximate surface area is 164 Å². The van der Waals surface area contributed by atoms with Crippen LogP contribution in [0.2, 0.25) is 0 Å². The summed E-state index contributed by atoms with van der Waals surface area (Å²) in [5.41, 5.74) is 1.68. The normalized spacial score (nSPS) is 16.5. The highest BCUT2D eigenvalue weighted by Gasteiger charge is 2.37. The molecule has 1 amide bonds. The molecule has 2 aromatic rings. The molecule has 3 rings (SSSR count). The van der Waals surface area contributed by atoms with Gasteiger partial charge in [0.1, 0.15) is 6.33 Å². The van der Waals surface area contributed by atoms with E-state index in [2.05, 4.69) is 15.4 Å². The minimum atomic E-state index is -3.47. The topological polar surface area (TPSA) is 117 Å². The molecule has 0 aliphatic carbocycles. The fourth-order valence-corrected chi connectivity index (χ4v) is 4.12. The number of amides is 1. The summed E-state index contributed by atoms with van der Waals surface area (Å²) in [6, 6.07) is 5.09. The van der Waals surface area contributed by atoms with Crippen LogP contribution in [0.4, 0.5) is 5.69 Å². The molecule has 0 radical (unpaired) electrons. The van der Waals surface area contributed by atoms with Gasteiger partial charge in [-0.05, 0) is 44.0 Å². The predicted molar refractivity (Wildman–Crippen MR) is 105 cm³/mol. The lowest BCUT2D eigenvalue weighted by Crippen LogP contribution is -2.29. The van der Waals surface area contributed by atoms with Gasteiger partial charge in [0.25, 0.3) is 5.91 Å². The van der Waals surface area contributed by atoms with Gasteiger partial charge in [0.2, 0.25) is 10.0 Å². The Hall–Kier alpha value is -2.46. The molecular formula is C18H25N5O4S. The number of carbonyl (C=O) groups is 1. The summed E-state index contributed by atoms with van der Waals surface area (Å²) in [6.07, 6.45) is 3.26.